The topological polar surface area (TPSA) is 96.9 Å². The quantitative estimate of drug-likeness (QED) is 0.377. The maximum Gasteiger partial charge on any atom is 0.245 e. The van der Waals surface area contributed by atoms with Crippen LogP contribution in [-0.2, 0) is 20.0 Å². The molecule has 2 aliphatic heterocycles. The zero-order chi connectivity index (χ0) is 28.4. The fourth-order valence-corrected chi connectivity index (χ4v) is 10.8. The predicted octanol–water partition coefficient (Wildman–Crippen LogP) is 5.41. The summed E-state index contributed by atoms with van der Waals surface area (Å²) in [5, 5.41) is 0.228. The van der Waals surface area contributed by atoms with E-state index in [0.29, 0.717) is 38.0 Å². The van der Waals surface area contributed by atoms with Gasteiger partial charge in [0.1, 0.15) is 10.6 Å². The lowest BCUT2D eigenvalue weighted by atomic mass is 9.68. The number of hydrogen-bond acceptors (Lipinski definition) is 6. The number of rotatable bonds is 9. The molecule has 0 radical (unpaired) electrons. The van der Waals surface area contributed by atoms with Gasteiger partial charge >= 0.3 is 0 Å². The standard InChI is InChI=1S/C29H40ClN3O5S2/c1-23-5-2-8-27(30)28(23)40(36,37)33-19-3-6-24(33)7-4-22-39(34,35)32-20-15-29(16-21-32)13-9-25(10-14-29)38-26-11-17-31-18-12-26/h2,5,8,11-12,17-18,24-25H,3-4,6-7,9-10,13-16,19-22H2,1H3. The Kier molecular flexibility index (Phi) is 9.12. The van der Waals surface area contributed by atoms with Crippen molar-refractivity contribution >= 4 is 31.6 Å². The molecule has 1 aromatic heterocycles. The van der Waals surface area contributed by atoms with Gasteiger partial charge in [-0.2, -0.15) is 4.31 Å². The van der Waals surface area contributed by atoms with Crippen LogP contribution in [0.3, 0.4) is 0 Å². The molecule has 220 valence electrons. The third-order valence-electron chi connectivity index (χ3n) is 9.12. The van der Waals surface area contributed by atoms with Crippen LogP contribution in [0, 0.1) is 12.3 Å². The minimum atomic E-state index is -3.74. The number of aromatic nitrogens is 1. The molecular weight excluding hydrogens is 570 g/mol. The van der Waals surface area contributed by atoms with E-state index in [-0.39, 0.29) is 33.2 Å². The van der Waals surface area contributed by atoms with E-state index in [2.05, 4.69) is 4.98 Å². The minimum Gasteiger partial charge on any atom is -0.490 e. The molecule has 8 nitrogen and oxygen atoms in total. The fraction of sp³-hybridized carbons (Fsp3) is 0.621. The molecule has 3 heterocycles. The largest absolute Gasteiger partial charge is 0.490 e. The van der Waals surface area contributed by atoms with Crippen molar-refractivity contribution in [3.05, 3.63) is 53.3 Å². The molecule has 3 fully saturated rings. The van der Waals surface area contributed by atoms with Gasteiger partial charge in [0.2, 0.25) is 20.0 Å². The molecular formula is C29H40ClN3O5S2. The molecule has 0 N–H and O–H groups in total. The SMILES string of the molecule is Cc1cccc(Cl)c1S(=O)(=O)N1CCCC1CCCS(=O)(=O)N1CCC2(CCC(Oc3ccncc3)CC2)CC1. The van der Waals surface area contributed by atoms with E-state index in [1.807, 2.05) is 12.1 Å². The minimum absolute atomic E-state index is 0.0529. The Labute approximate surface area is 244 Å². The second kappa shape index (κ2) is 12.3. The molecule has 5 rings (SSSR count). The summed E-state index contributed by atoms with van der Waals surface area (Å²) >= 11 is 6.29. The third-order valence-corrected chi connectivity index (χ3v) is 13.7. The van der Waals surface area contributed by atoms with Crippen LogP contribution < -0.4 is 4.74 Å². The van der Waals surface area contributed by atoms with Gasteiger partial charge in [-0.3, -0.25) is 4.98 Å². The molecule has 40 heavy (non-hydrogen) atoms. The van der Waals surface area contributed by atoms with Crippen LogP contribution in [0.4, 0.5) is 0 Å². The highest BCUT2D eigenvalue weighted by atomic mass is 35.5. The van der Waals surface area contributed by atoms with Gasteiger partial charge in [-0.05, 0) is 100 Å². The highest BCUT2D eigenvalue weighted by Gasteiger charge is 2.41. The number of halogens is 1. The summed E-state index contributed by atoms with van der Waals surface area (Å²) in [4.78, 5) is 4.20. The van der Waals surface area contributed by atoms with Gasteiger partial charge in [-0.1, -0.05) is 23.7 Å². The summed E-state index contributed by atoms with van der Waals surface area (Å²) in [5.41, 5.74) is 0.831. The van der Waals surface area contributed by atoms with Crippen molar-refractivity contribution in [2.45, 2.75) is 88.2 Å². The van der Waals surface area contributed by atoms with Gasteiger partial charge in [0.05, 0.1) is 16.9 Å². The van der Waals surface area contributed by atoms with Crippen molar-refractivity contribution in [2.24, 2.45) is 5.41 Å². The summed E-state index contributed by atoms with van der Waals surface area (Å²) in [7, 11) is -7.13. The van der Waals surface area contributed by atoms with Crippen LogP contribution >= 0.6 is 11.6 Å². The smallest absolute Gasteiger partial charge is 0.245 e. The second-order valence-electron chi connectivity index (χ2n) is 11.7. The number of pyridine rings is 1. The van der Waals surface area contributed by atoms with E-state index < -0.39 is 20.0 Å². The monoisotopic (exact) mass is 609 g/mol. The van der Waals surface area contributed by atoms with E-state index in [1.54, 1.807) is 41.8 Å². The highest BCUT2D eigenvalue weighted by molar-refractivity contribution is 7.89. The molecule has 11 heteroatoms. The van der Waals surface area contributed by atoms with E-state index in [0.717, 1.165) is 57.1 Å². The number of sulfonamides is 2. The Balaban J connectivity index is 1.10. The Hall–Kier alpha value is -1.72. The molecule has 1 aliphatic carbocycles. The molecule has 0 amide bonds. The maximum absolute atomic E-state index is 13.5. The zero-order valence-electron chi connectivity index (χ0n) is 23.2. The van der Waals surface area contributed by atoms with E-state index in [1.165, 1.54) is 4.31 Å². The van der Waals surface area contributed by atoms with Crippen molar-refractivity contribution < 1.29 is 21.6 Å². The molecule has 1 aromatic carbocycles. The summed E-state index contributed by atoms with van der Waals surface area (Å²) in [6, 6.07) is 8.66. The normalized spacial score (nSPS) is 23.0. The van der Waals surface area contributed by atoms with E-state index in [4.69, 9.17) is 16.3 Å². The van der Waals surface area contributed by atoms with Gasteiger partial charge in [-0.15, -0.1) is 0 Å². The van der Waals surface area contributed by atoms with Gasteiger partial charge in [0.15, 0.2) is 0 Å². The first-order chi connectivity index (χ1) is 19.1. The molecule has 0 bridgehead atoms. The molecule has 2 aromatic rings. The van der Waals surface area contributed by atoms with Crippen molar-refractivity contribution in [3.63, 3.8) is 0 Å². The van der Waals surface area contributed by atoms with Crippen LogP contribution in [0.5, 0.6) is 5.75 Å². The van der Waals surface area contributed by atoms with Gasteiger partial charge in [-0.25, -0.2) is 21.1 Å². The molecule has 1 atom stereocenters. The summed E-state index contributed by atoms with van der Waals surface area (Å²) in [6.07, 6.45) is 12.0. The van der Waals surface area contributed by atoms with Crippen LogP contribution in [0.25, 0.3) is 0 Å². The van der Waals surface area contributed by atoms with Crippen LogP contribution in [0.1, 0.15) is 69.8 Å². The van der Waals surface area contributed by atoms with Crippen molar-refractivity contribution in [1.82, 2.24) is 13.6 Å². The number of nitrogens with zero attached hydrogens (tertiary/aromatic N) is 3. The number of benzene rings is 1. The lowest BCUT2D eigenvalue weighted by molar-refractivity contribution is 0.0433. The van der Waals surface area contributed by atoms with Crippen molar-refractivity contribution in [1.29, 1.82) is 0 Å². The predicted molar refractivity (Wildman–Crippen MR) is 156 cm³/mol. The molecule has 1 saturated carbocycles. The number of ether oxygens (including phenoxy) is 1. The Bertz CT molecular complexity index is 1350. The van der Waals surface area contributed by atoms with Crippen molar-refractivity contribution in [3.8, 4) is 5.75 Å². The summed E-state index contributed by atoms with van der Waals surface area (Å²) in [6.45, 7) is 3.32. The van der Waals surface area contributed by atoms with Gasteiger partial charge in [0, 0.05) is 38.1 Å². The molecule has 3 aliphatic rings. The molecule has 1 spiro atoms. The molecule has 1 unspecified atom stereocenters. The Morgan fingerprint density at radius 1 is 0.975 bits per heavy atom. The summed E-state index contributed by atoms with van der Waals surface area (Å²) < 4.78 is 62.7. The summed E-state index contributed by atoms with van der Waals surface area (Å²) in [5.74, 6) is 0.909. The lowest BCUT2D eigenvalue weighted by Crippen LogP contribution is -2.46. The van der Waals surface area contributed by atoms with E-state index in [9.17, 15) is 16.8 Å². The van der Waals surface area contributed by atoms with Crippen LogP contribution in [0.15, 0.2) is 47.6 Å². The zero-order valence-corrected chi connectivity index (χ0v) is 25.6. The highest BCUT2D eigenvalue weighted by Crippen LogP contribution is 2.46. The first-order valence-electron chi connectivity index (χ1n) is 14.4. The Morgan fingerprint density at radius 3 is 2.35 bits per heavy atom. The number of aryl methyl sites for hydroxylation is 1. The average Bonchev–Trinajstić information content (AvgIpc) is 3.40. The third kappa shape index (κ3) is 6.51. The van der Waals surface area contributed by atoms with Crippen LogP contribution in [0.2, 0.25) is 5.02 Å². The Morgan fingerprint density at radius 2 is 1.68 bits per heavy atom. The average molecular weight is 610 g/mol. The first-order valence-corrected chi connectivity index (χ1v) is 17.8. The fourth-order valence-electron chi connectivity index (χ4n) is 6.77. The number of hydrogen-bond donors (Lipinski definition) is 0. The van der Waals surface area contributed by atoms with Gasteiger partial charge in [0.25, 0.3) is 0 Å². The van der Waals surface area contributed by atoms with Crippen LogP contribution in [-0.4, -0.2) is 68.0 Å². The molecule has 2 saturated heterocycles. The first kappa shape index (κ1) is 29.8. The second-order valence-corrected chi connectivity index (χ2v) is 16.0. The van der Waals surface area contributed by atoms with E-state index >= 15 is 0 Å². The maximum atomic E-state index is 13.5. The van der Waals surface area contributed by atoms with Gasteiger partial charge < -0.3 is 4.74 Å². The lowest BCUT2D eigenvalue weighted by Gasteiger charge is -2.45. The number of piperidine rings is 1. The van der Waals surface area contributed by atoms with Crippen molar-refractivity contribution in [2.75, 3.05) is 25.4 Å².